The van der Waals surface area contributed by atoms with Crippen molar-refractivity contribution in [2.75, 3.05) is 5.32 Å². The quantitative estimate of drug-likeness (QED) is 0.481. The van der Waals surface area contributed by atoms with E-state index in [2.05, 4.69) is 33.2 Å². The molecule has 0 saturated carbocycles. The van der Waals surface area contributed by atoms with Crippen LogP contribution >= 0.6 is 27.3 Å². The normalized spacial score (nSPS) is 11.0. The van der Waals surface area contributed by atoms with Crippen LogP contribution in [0.3, 0.4) is 0 Å². The molecule has 3 rings (SSSR count). The van der Waals surface area contributed by atoms with Crippen LogP contribution < -0.4 is 10.9 Å². The van der Waals surface area contributed by atoms with Gasteiger partial charge < -0.3 is 10.4 Å². The average molecular weight is 478 g/mol. The van der Waals surface area contributed by atoms with Crippen LogP contribution in [0.4, 0.5) is 5.69 Å². The van der Waals surface area contributed by atoms with Gasteiger partial charge in [0.25, 0.3) is 11.5 Å². The minimum absolute atomic E-state index is 0.0251. The number of amides is 1. The highest BCUT2D eigenvalue weighted by Gasteiger charge is 2.21. The first-order valence-electron chi connectivity index (χ1n) is 9.16. The number of rotatable bonds is 7. The van der Waals surface area contributed by atoms with Crippen LogP contribution in [-0.4, -0.2) is 26.5 Å². The van der Waals surface area contributed by atoms with Gasteiger partial charge in [-0.1, -0.05) is 35.7 Å². The summed E-state index contributed by atoms with van der Waals surface area (Å²) >= 11 is 4.36. The van der Waals surface area contributed by atoms with Crippen molar-refractivity contribution in [2.24, 2.45) is 0 Å². The van der Waals surface area contributed by atoms with E-state index in [-0.39, 0.29) is 16.8 Å². The summed E-state index contributed by atoms with van der Waals surface area (Å²) in [5.41, 5.74) is 0.558. The number of unbranched alkanes of at least 4 members (excludes halogenated alkanes) is 2. The molecule has 0 fully saturated rings. The number of carbonyl (C=O) groups excluding carboxylic acids is 1. The van der Waals surface area contributed by atoms with Gasteiger partial charge in [-0.3, -0.25) is 14.2 Å². The maximum absolute atomic E-state index is 12.8. The lowest BCUT2D eigenvalue weighted by atomic mass is 10.1. The van der Waals surface area contributed by atoms with Crippen molar-refractivity contribution in [3.63, 3.8) is 0 Å². The minimum Gasteiger partial charge on any atom is -0.478 e. The maximum atomic E-state index is 12.8. The maximum Gasteiger partial charge on any atom is 0.337 e. The molecule has 0 aliphatic rings. The van der Waals surface area contributed by atoms with Gasteiger partial charge in [-0.25, -0.2) is 9.78 Å². The number of carbonyl (C=O) groups is 2. The molecule has 3 aromatic rings. The highest BCUT2D eigenvalue weighted by atomic mass is 79.9. The van der Waals surface area contributed by atoms with Gasteiger partial charge >= 0.3 is 5.97 Å². The molecular formula is C20H20BrN3O4S. The van der Waals surface area contributed by atoms with Gasteiger partial charge in [-0.2, -0.15) is 0 Å². The van der Waals surface area contributed by atoms with Gasteiger partial charge in [-0.05, 0) is 37.1 Å². The summed E-state index contributed by atoms with van der Waals surface area (Å²) in [4.78, 5) is 42.3. The summed E-state index contributed by atoms with van der Waals surface area (Å²) < 4.78 is 2.18. The lowest BCUT2D eigenvalue weighted by molar-refractivity contribution is 0.0698. The van der Waals surface area contributed by atoms with E-state index < -0.39 is 11.9 Å². The van der Waals surface area contributed by atoms with Crippen molar-refractivity contribution in [1.82, 2.24) is 9.55 Å². The first kappa shape index (κ1) is 21.2. The molecule has 2 aromatic heterocycles. The Kier molecular flexibility index (Phi) is 6.49. The van der Waals surface area contributed by atoms with E-state index in [9.17, 15) is 19.5 Å². The van der Waals surface area contributed by atoms with E-state index in [1.54, 1.807) is 17.6 Å². The predicted octanol–water partition coefficient (Wildman–Crippen LogP) is 4.67. The molecule has 2 heterocycles. The molecule has 1 amide bonds. The lowest BCUT2D eigenvalue weighted by Gasteiger charge is -2.08. The summed E-state index contributed by atoms with van der Waals surface area (Å²) in [6, 6.07) is 4.59. The number of aryl methyl sites for hydroxylation is 2. The fourth-order valence-corrected chi connectivity index (χ4v) is 4.44. The fraction of sp³-hybridized carbons (Fsp3) is 0.300. The zero-order chi connectivity index (χ0) is 21.1. The Morgan fingerprint density at radius 1 is 1.31 bits per heavy atom. The molecule has 7 nitrogen and oxygen atoms in total. The SMILES string of the molecule is CCCCCn1cnc2sc(C(=O)Nc3ccc(Br)cc3C(=O)O)c(C)c2c1=O. The van der Waals surface area contributed by atoms with E-state index in [0.717, 1.165) is 30.6 Å². The number of thiophene rings is 1. The van der Waals surface area contributed by atoms with Crippen LogP contribution in [0.2, 0.25) is 0 Å². The Hall–Kier alpha value is -2.52. The van der Waals surface area contributed by atoms with E-state index in [1.807, 2.05) is 0 Å². The fourth-order valence-electron chi connectivity index (χ4n) is 3.05. The lowest BCUT2D eigenvalue weighted by Crippen LogP contribution is -2.21. The van der Waals surface area contributed by atoms with E-state index in [0.29, 0.717) is 31.7 Å². The summed E-state index contributed by atoms with van der Waals surface area (Å²) in [6.07, 6.45) is 4.50. The van der Waals surface area contributed by atoms with E-state index in [1.165, 1.54) is 18.5 Å². The van der Waals surface area contributed by atoms with Crippen LogP contribution in [0.5, 0.6) is 0 Å². The van der Waals surface area contributed by atoms with Crippen LogP contribution in [0, 0.1) is 6.92 Å². The number of carboxylic acids is 1. The van der Waals surface area contributed by atoms with Gasteiger partial charge in [0.05, 0.1) is 27.8 Å². The third kappa shape index (κ3) is 4.40. The number of carboxylic acid groups (broad SMARTS) is 1. The van der Waals surface area contributed by atoms with Crippen LogP contribution in [0.1, 0.15) is 51.8 Å². The Balaban J connectivity index is 1.95. The zero-order valence-corrected chi connectivity index (χ0v) is 18.4. The first-order chi connectivity index (χ1) is 13.8. The average Bonchev–Trinajstić information content (AvgIpc) is 3.02. The molecule has 152 valence electrons. The number of benzene rings is 1. The van der Waals surface area contributed by atoms with Gasteiger partial charge in [0.15, 0.2) is 0 Å². The van der Waals surface area contributed by atoms with Crippen molar-refractivity contribution in [1.29, 1.82) is 0 Å². The molecule has 1 aromatic carbocycles. The number of aromatic nitrogens is 2. The summed E-state index contributed by atoms with van der Waals surface area (Å²) in [5.74, 6) is -1.61. The number of hydrogen-bond acceptors (Lipinski definition) is 5. The van der Waals surface area contributed by atoms with Gasteiger partial charge in [0.2, 0.25) is 0 Å². The topological polar surface area (TPSA) is 101 Å². The summed E-state index contributed by atoms with van der Waals surface area (Å²) in [6.45, 7) is 4.40. The highest BCUT2D eigenvalue weighted by Crippen LogP contribution is 2.29. The molecule has 0 radical (unpaired) electrons. The molecule has 0 atom stereocenters. The second kappa shape index (κ2) is 8.87. The number of nitrogens with zero attached hydrogens (tertiary/aromatic N) is 2. The smallest absolute Gasteiger partial charge is 0.337 e. The molecule has 0 unspecified atom stereocenters. The summed E-state index contributed by atoms with van der Waals surface area (Å²) in [5, 5.41) is 12.5. The van der Waals surface area contributed by atoms with Crippen LogP contribution in [0.25, 0.3) is 10.2 Å². The molecule has 0 aliphatic carbocycles. The van der Waals surface area contributed by atoms with Gasteiger partial charge in [-0.15, -0.1) is 11.3 Å². The minimum atomic E-state index is -1.15. The van der Waals surface area contributed by atoms with E-state index in [4.69, 9.17) is 0 Å². The van der Waals surface area contributed by atoms with Gasteiger partial charge in [0.1, 0.15) is 4.83 Å². The second-order valence-electron chi connectivity index (χ2n) is 6.64. The molecule has 2 N–H and O–H groups in total. The molecular weight excluding hydrogens is 458 g/mol. The molecule has 0 aliphatic heterocycles. The Labute approximate surface area is 179 Å². The van der Waals surface area contributed by atoms with Crippen molar-refractivity contribution in [2.45, 2.75) is 39.7 Å². The van der Waals surface area contributed by atoms with Crippen molar-refractivity contribution in [3.8, 4) is 0 Å². The highest BCUT2D eigenvalue weighted by molar-refractivity contribution is 9.10. The largest absolute Gasteiger partial charge is 0.478 e. The first-order valence-corrected chi connectivity index (χ1v) is 10.8. The van der Waals surface area contributed by atoms with Crippen molar-refractivity contribution < 1.29 is 14.7 Å². The molecule has 0 saturated heterocycles. The number of halogens is 1. The Morgan fingerprint density at radius 3 is 2.76 bits per heavy atom. The number of anilines is 1. The number of nitrogens with one attached hydrogen (secondary N) is 1. The van der Waals surface area contributed by atoms with Crippen molar-refractivity contribution >= 4 is 55.0 Å². The van der Waals surface area contributed by atoms with Crippen LogP contribution in [0.15, 0.2) is 33.8 Å². The summed E-state index contributed by atoms with van der Waals surface area (Å²) in [7, 11) is 0. The number of hydrogen-bond donors (Lipinski definition) is 2. The molecule has 0 spiro atoms. The second-order valence-corrected chi connectivity index (χ2v) is 8.55. The molecule has 29 heavy (non-hydrogen) atoms. The van der Waals surface area contributed by atoms with Gasteiger partial charge in [0, 0.05) is 11.0 Å². The molecule has 9 heteroatoms. The van der Waals surface area contributed by atoms with E-state index >= 15 is 0 Å². The standard InChI is InChI=1S/C20H20BrN3O4S/c1-3-4-5-8-24-10-22-18-15(19(24)26)11(2)16(29-18)17(25)23-14-7-6-12(21)9-13(14)20(27)28/h6-7,9-10H,3-5,8H2,1-2H3,(H,23,25)(H,27,28). The number of aromatic carboxylic acids is 1. The number of fused-ring (bicyclic) bond motifs is 1. The Morgan fingerprint density at radius 2 is 2.07 bits per heavy atom. The zero-order valence-electron chi connectivity index (χ0n) is 16.0. The molecule has 0 bridgehead atoms. The van der Waals surface area contributed by atoms with Crippen molar-refractivity contribution in [3.05, 3.63) is 55.4 Å². The predicted molar refractivity (Wildman–Crippen MR) is 117 cm³/mol. The monoisotopic (exact) mass is 477 g/mol. The Bertz CT molecular complexity index is 1150. The van der Waals surface area contributed by atoms with Crippen LogP contribution in [-0.2, 0) is 6.54 Å². The third-order valence-corrected chi connectivity index (χ3v) is 6.28. The third-order valence-electron chi connectivity index (χ3n) is 4.59.